The number of aryl methyl sites for hydroxylation is 2. The minimum Gasteiger partial charge on any atom is -0.360 e. The van der Waals surface area contributed by atoms with Gasteiger partial charge in [0.25, 0.3) is 11.5 Å². The second-order valence-corrected chi connectivity index (χ2v) is 4.08. The fraction of sp³-hybridized carbons (Fsp3) is 0.273. The SMILES string of the molecule is Cc1cc(NC(=O)c2cn(C)c(=O)n(C)c2=O)no1. The highest BCUT2D eigenvalue weighted by Gasteiger charge is 2.16. The van der Waals surface area contributed by atoms with Crippen molar-refractivity contribution in [2.45, 2.75) is 6.92 Å². The summed E-state index contributed by atoms with van der Waals surface area (Å²) in [5.41, 5.74) is -1.31. The molecule has 0 radical (unpaired) electrons. The molecule has 0 spiro atoms. The molecule has 2 aromatic heterocycles. The molecule has 8 heteroatoms. The zero-order valence-corrected chi connectivity index (χ0v) is 10.6. The zero-order chi connectivity index (χ0) is 14.2. The second-order valence-electron chi connectivity index (χ2n) is 4.08. The van der Waals surface area contributed by atoms with E-state index in [1.54, 1.807) is 6.92 Å². The summed E-state index contributed by atoms with van der Waals surface area (Å²) < 4.78 is 6.82. The highest BCUT2D eigenvalue weighted by molar-refractivity contribution is 6.03. The Morgan fingerprint density at radius 2 is 2.05 bits per heavy atom. The van der Waals surface area contributed by atoms with Gasteiger partial charge in [-0.15, -0.1) is 0 Å². The molecular weight excluding hydrogens is 252 g/mol. The Morgan fingerprint density at radius 3 is 2.63 bits per heavy atom. The van der Waals surface area contributed by atoms with Gasteiger partial charge >= 0.3 is 5.69 Å². The Labute approximate surface area is 107 Å². The summed E-state index contributed by atoms with van der Waals surface area (Å²) >= 11 is 0. The molecule has 0 bridgehead atoms. The van der Waals surface area contributed by atoms with Crippen molar-refractivity contribution < 1.29 is 9.32 Å². The van der Waals surface area contributed by atoms with Crippen LogP contribution in [0.5, 0.6) is 0 Å². The molecule has 2 aromatic rings. The molecule has 100 valence electrons. The number of nitrogens with zero attached hydrogens (tertiary/aromatic N) is 3. The van der Waals surface area contributed by atoms with E-state index in [0.717, 1.165) is 9.13 Å². The van der Waals surface area contributed by atoms with Crippen LogP contribution < -0.4 is 16.6 Å². The van der Waals surface area contributed by atoms with Crippen molar-refractivity contribution in [2.24, 2.45) is 14.1 Å². The van der Waals surface area contributed by atoms with Crippen LogP contribution in [0.15, 0.2) is 26.4 Å². The predicted octanol–water partition coefficient (Wildman–Crippen LogP) is -0.367. The minimum absolute atomic E-state index is 0.148. The van der Waals surface area contributed by atoms with Gasteiger partial charge in [0.2, 0.25) is 0 Å². The third kappa shape index (κ3) is 2.32. The van der Waals surface area contributed by atoms with E-state index in [2.05, 4.69) is 10.5 Å². The van der Waals surface area contributed by atoms with Crippen molar-refractivity contribution in [1.29, 1.82) is 0 Å². The van der Waals surface area contributed by atoms with Crippen molar-refractivity contribution in [3.63, 3.8) is 0 Å². The van der Waals surface area contributed by atoms with Crippen LogP contribution in [0.2, 0.25) is 0 Å². The molecule has 2 heterocycles. The topological polar surface area (TPSA) is 99.1 Å². The average Bonchev–Trinajstić information content (AvgIpc) is 2.76. The summed E-state index contributed by atoms with van der Waals surface area (Å²) in [7, 11) is 2.76. The maximum absolute atomic E-state index is 11.9. The van der Waals surface area contributed by atoms with Crippen LogP contribution in [-0.2, 0) is 14.1 Å². The lowest BCUT2D eigenvalue weighted by atomic mass is 10.3. The smallest absolute Gasteiger partial charge is 0.330 e. The molecule has 0 fully saturated rings. The van der Waals surface area contributed by atoms with Gasteiger partial charge in [0.05, 0.1) is 0 Å². The van der Waals surface area contributed by atoms with E-state index in [9.17, 15) is 14.4 Å². The summed E-state index contributed by atoms with van der Waals surface area (Å²) in [4.78, 5) is 35.3. The Balaban J connectivity index is 2.40. The third-order valence-electron chi connectivity index (χ3n) is 2.56. The molecule has 1 N–H and O–H groups in total. The van der Waals surface area contributed by atoms with Gasteiger partial charge in [-0.1, -0.05) is 5.16 Å². The summed E-state index contributed by atoms with van der Waals surface area (Å²) in [5, 5.41) is 6.01. The fourth-order valence-electron chi connectivity index (χ4n) is 1.57. The van der Waals surface area contributed by atoms with Gasteiger partial charge in [-0.25, -0.2) is 4.79 Å². The fourth-order valence-corrected chi connectivity index (χ4v) is 1.57. The van der Waals surface area contributed by atoms with Gasteiger partial charge in [0, 0.05) is 26.4 Å². The first-order valence-electron chi connectivity index (χ1n) is 5.41. The maximum atomic E-state index is 11.9. The van der Waals surface area contributed by atoms with Crippen LogP contribution in [0.4, 0.5) is 5.82 Å². The number of hydrogen-bond acceptors (Lipinski definition) is 5. The van der Waals surface area contributed by atoms with Crippen LogP contribution >= 0.6 is 0 Å². The Morgan fingerprint density at radius 1 is 1.37 bits per heavy atom. The van der Waals surface area contributed by atoms with Crippen molar-refractivity contribution in [2.75, 3.05) is 5.32 Å². The van der Waals surface area contributed by atoms with Gasteiger partial charge in [-0.05, 0) is 6.92 Å². The number of anilines is 1. The molecule has 0 aromatic carbocycles. The molecule has 2 rings (SSSR count). The maximum Gasteiger partial charge on any atom is 0.330 e. The first kappa shape index (κ1) is 12.8. The summed E-state index contributed by atoms with van der Waals surface area (Å²) in [6, 6.07) is 1.52. The van der Waals surface area contributed by atoms with Crippen LogP contribution in [0.1, 0.15) is 16.1 Å². The zero-order valence-electron chi connectivity index (χ0n) is 10.6. The van der Waals surface area contributed by atoms with Crippen molar-refractivity contribution in [3.8, 4) is 0 Å². The van der Waals surface area contributed by atoms with E-state index < -0.39 is 17.2 Å². The first-order valence-corrected chi connectivity index (χ1v) is 5.41. The lowest BCUT2D eigenvalue weighted by Crippen LogP contribution is -2.40. The molecule has 0 aliphatic carbocycles. The van der Waals surface area contributed by atoms with Gasteiger partial charge in [-0.3, -0.25) is 14.2 Å². The summed E-state index contributed by atoms with van der Waals surface area (Å²) in [5.74, 6) is 0.0894. The minimum atomic E-state index is -0.666. The number of carbonyl (C=O) groups is 1. The molecule has 0 aliphatic heterocycles. The van der Waals surface area contributed by atoms with Gasteiger partial charge in [0.1, 0.15) is 11.3 Å². The standard InChI is InChI=1S/C11H12N4O4/c1-6-4-8(13-19-6)12-9(16)7-5-14(2)11(18)15(3)10(7)17/h4-5H,1-3H3,(H,12,13,16). The Bertz CT molecular complexity index is 753. The highest BCUT2D eigenvalue weighted by atomic mass is 16.5. The van der Waals surface area contributed by atoms with Gasteiger partial charge in [-0.2, -0.15) is 0 Å². The summed E-state index contributed by atoms with van der Waals surface area (Å²) in [6.07, 6.45) is 1.19. The van der Waals surface area contributed by atoms with Crippen molar-refractivity contribution in [3.05, 3.63) is 44.4 Å². The number of aromatic nitrogens is 3. The van der Waals surface area contributed by atoms with Crippen LogP contribution in [0.3, 0.4) is 0 Å². The quantitative estimate of drug-likeness (QED) is 0.798. The number of rotatable bonds is 2. The van der Waals surface area contributed by atoms with Crippen molar-refractivity contribution in [1.82, 2.24) is 14.3 Å². The molecule has 19 heavy (non-hydrogen) atoms. The number of carbonyl (C=O) groups excluding carboxylic acids is 1. The van der Waals surface area contributed by atoms with E-state index in [1.165, 1.54) is 26.4 Å². The first-order chi connectivity index (χ1) is 8.90. The second kappa shape index (κ2) is 4.56. The van der Waals surface area contributed by atoms with Crippen LogP contribution in [0, 0.1) is 6.92 Å². The molecule has 0 unspecified atom stereocenters. The number of hydrogen-bond donors (Lipinski definition) is 1. The number of nitrogens with one attached hydrogen (secondary N) is 1. The van der Waals surface area contributed by atoms with E-state index in [1.807, 2.05) is 0 Å². The van der Waals surface area contributed by atoms with E-state index >= 15 is 0 Å². The molecule has 0 saturated heterocycles. The molecule has 0 aliphatic rings. The highest BCUT2D eigenvalue weighted by Crippen LogP contribution is 2.07. The van der Waals surface area contributed by atoms with Crippen LogP contribution in [0.25, 0.3) is 0 Å². The average molecular weight is 264 g/mol. The third-order valence-corrected chi connectivity index (χ3v) is 2.56. The molecule has 0 saturated carbocycles. The van der Waals surface area contributed by atoms with E-state index in [0.29, 0.717) is 5.76 Å². The lowest BCUT2D eigenvalue weighted by Gasteiger charge is -2.05. The largest absolute Gasteiger partial charge is 0.360 e. The molecule has 1 amide bonds. The van der Waals surface area contributed by atoms with Gasteiger partial charge in [0.15, 0.2) is 5.82 Å². The normalized spacial score (nSPS) is 10.5. The van der Waals surface area contributed by atoms with Gasteiger partial charge < -0.3 is 14.4 Å². The number of amides is 1. The predicted molar refractivity (Wildman–Crippen MR) is 66.1 cm³/mol. The lowest BCUT2D eigenvalue weighted by molar-refractivity contribution is 0.102. The molecule has 8 nitrogen and oxygen atoms in total. The van der Waals surface area contributed by atoms with Crippen LogP contribution in [-0.4, -0.2) is 20.2 Å². The Hall–Kier alpha value is -2.64. The molecule has 0 atom stereocenters. The Kier molecular flexibility index (Phi) is 3.07. The monoisotopic (exact) mass is 264 g/mol. The van der Waals surface area contributed by atoms with E-state index in [-0.39, 0.29) is 11.4 Å². The molecular formula is C11H12N4O4. The van der Waals surface area contributed by atoms with E-state index in [4.69, 9.17) is 4.52 Å². The van der Waals surface area contributed by atoms with Crippen molar-refractivity contribution >= 4 is 11.7 Å². The summed E-state index contributed by atoms with van der Waals surface area (Å²) in [6.45, 7) is 1.67.